The summed E-state index contributed by atoms with van der Waals surface area (Å²) in [6, 6.07) is 4.79. The maximum Gasteiger partial charge on any atom is 0.260 e. The number of aryl methyl sites for hydroxylation is 1. The summed E-state index contributed by atoms with van der Waals surface area (Å²) >= 11 is 0. The Morgan fingerprint density at radius 2 is 1.88 bits per heavy atom. The van der Waals surface area contributed by atoms with Crippen molar-refractivity contribution in [1.82, 2.24) is 4.57 Å². The van der Waals surface area contributed by atoms with E-state index in [9.17, 15) is 14.7 Å². The lowest BCUT2D eigenvalue weighted by molar-refractivity contribution is 0.100. The Morgan fingerprint density at radius 3 is 2.40 bits per heavy atom. The van der Waals surface area contributed by atoms with Crippen LogP contribution in [0.15, 0.2) is 23.0 Å². The highest BCUT2D eigenvalue weighted by molar-refractivity contribution is 6.75. The number of hydrogen-bond donors (Lipinski definition) is 3. The van der Waals surface area contributed by atoms with Crippen molar-refractivity contribution in [2.45, 2.75) is 32.6 Å². The number of carbonyl (C=O) groups excluding carboxylic acids is 1. The molecule has 25 heavy (non-hydrogen) atoms. The van der Waals surface area contributed by atoms with Gasteiger partial charge < -0.3 is 16.6 Å². The molecule has 1 heterocycles. The largest absolute Gasteiger partial charge is 0.508 e. The van der Waals surface area contributed by atoms with Crippen LogP contribution in [0.3, 0.4) is 0 Å². The summed E-state index contributed by atoms with van der Waals surface area (Å²) < 4.78 is 1.30. The van der Waals surface area contributed by atoms with Gasteiger partial charge in [0.05, 0.1) is 11.3 Å². The number of aromatic hydroxyl groups is 1. The number of nitrogen functional groups attached to an aromatic ring is 1. The molecule has 0 unspecified atom stereocenters. The lowest BCUT2D eigenvalue weighted by atomic mass is 9.81. The van der Waals surface area contributed by atoms with Gasteiger partial charge >= 0.3 is 0 Å². The van der Waals surface area contributed by atoms with Crippen LogP contribution in [-0.4, -0.2) is 31.1 Å². The van der Waals surface area contributed by atoms with E-state index in [0.717, 1.165) is 18.4 Å². The second kappa shape index (κ2) is 7.09. The van der Waals surface area contributed by atoms with Crippen LogP contribution in [0.4, 0.5) is 5.82 Å². The van der Waals surface area contributed by atoms with Crippen LogP contribution >= 0.6 is 0 Å². The molecule has 1 saturated carbocycles. The summed E-state index contributed by atoms with van der Waals surface area (Å²) in [6.07, 6.45) is 1.82. The van der Waals surface area contributed by atoms with E-state index in [2.05, 4.69) is 15.5 Å². The second-order valence-electron chi connectivity index (χ2n) is 6.05. The fourth-order valence-electron chi connectivity index (χ4n) is 2.93. The molecule has 1 aliphatic rings. The number of rotatable bonds is 3. The Morgan fingerprint density at radius 1 is 1.28 bits per heavy atom. The molecule has 1 aliphatic carbocycles. The van der Waals surface area contributed by atoms with E-state index in [1.54, 1.807) is 19.1 Å². The summed E-state index contributed by atoms with van der Waals surface area (Å²) in [7, 11) is 8.00. The molecule has 126 valence electrons. The fourth-order valence-corrected chi connectivity index (χ4v) is 2.93. The zero-order valence-electron chi connectivity index (χ0n) is 14.2. The van der Waals surface area contributed by atoms with Gasteiger partial charge in [-0.05, 0) is 50.3 Å². The van der Waals surface area contributed by atoms with Crippen molar-refractivity contribution in [3.8, 4) is 11.4 Å². The van der Waals surface area contributed by atoms with Crippen molar-refractivity contribution in [2.24, 2.45) is 5.73 Å². The Balaban J connectivity index is 0.00000109. The van der Waals surface area contributed by atoms with E-state index in [0.29, 0.717) is 16.8 Å². The van der Waals surface area contributed by atoms with Crippen molar-refractivity contribution in [3.05, 3.63) is 50.8 Å². The van der Waals surface area contributed by atoms with Crippen molar-refractivity contribution in [3.63, 3.8) is 0 Å². The molecule has 8 heteroatoms. The number of anilines is 1. The summed E-state index contributed by atoms with van der Waals surface area (Å²) in [5.41, 5.74) is 13.7. The molecule has 1 fully saturated rings. The number of phenols is 1. The molecule has 1 amide bonds. The lowest BCUT2D eigenvalue weighted by Gasteiger charge is -2.19. The minimum atomic E-state index is -0.673. The third-order valence-corrected chi connectivity index (χ3v) is 4.38. The number of nitrogens with two attached hydrogens (primary N) is 2. The highest BCUT2D eigenvalue weighted by Crippen LogP contribution is 2.39. The Labute approximate surface area is 148 Å². The number of carbonyl (C=O) groups is 1. The average molecular weight is 335 g/mol. The van der Waals surface area contributed by atoms with Gasteiger partial charge in [-0.1, -0.05) is 6.07 Å². The normalized spacial score (nSPS) is 13.0. The predicted molar refractivity (Wildman–Crippen MR) is 99.6 cm³/mol. The average Bonchev–Trinajstić information content (AvgIpc) is 3.40. The van der Waals surface area contributed by atoms with Gasteiger partial charge in [0.1, 0.15) is 11.6 Å². The summed E-state index contributed by atoms with van der Waals surface area (Å²) in [4.78, 5) is 24.6. The van der Waals surface area contributed by atoms with Crippen molar-refractivity contribution in [1.29, 1.82) is 0 Å². The predicted octanol–water partition coefficient (Wildman–Crippen LogP) is 0.957. The molecule has 2 aromatic rings. The monoisotopic (exact) mass is 335 g/mol. The van der Waals surface area contributed by atoms with Gasteiger partial charge in [0.15, 0.2) is 0 Å². The van der Waals surface area contributed by atoms with Gasteiger partial charge in [0.25, 0.3) is 11.5 Å². The van der Waals surface area contributed by atoms with Crippen molar-refractivity contribution in [2.75, 3.05) is 5.73 Å². The standard InChI is InChI=1S/C17H19N3O3.B2/c1-8-3-6-13(21)9(2)14(8)20-15(18)12(16(19)22)7-11(17(20)23)10-4-5-10;1-2/h3,6-7,10,21H,4-5,18H2,1-2H3,(H2,19,22);. The number of nitrogens with zero attached hydrogens (tertiary/aromatic N) is 1. The van der Waals surface area contributed by atoms with Crippen molar-refractivity contribution < 1.29 is 9.90 Å². The van der Waals surface area contributed by atoms with Gasteiger partial charge in [-0.15, -0.1) is 0 Å². The first-order valence-electron chi connectivity index (χ1n) is 7.81. The molecule has 0 atom stereocenters. The lowest BCUT2D eigenvalue weighted by Crippen LogP contribution is -2.29. The number of pyridine rings is 1. The zero-order valence-corrected chi connectivity index (χ0v) is 14.2. The highest BCUT2D eigenvalue weighted by atomic mass is 16.3. The molecule has 3 rings (SSSR count). The van der Waals surface area contributed by atoms with Gasteiger partial charge in [0, 0.05) is 26.6 Å². The molecule has 1 aromatic carbocycles. The quantitative estimate of drug-likeness (QED) is 0.725. The first-order chi connectivity index (χ1) is 11.8. The van der Waals surface area contributed by atoms with Crippen LogP contribution in [-0.2, 0) is 0 Å². The maximum atomic E-state index is 12.9. The molecule has 6 nitrogen and oxygen atoms in total. The zero-order chi connectivity index (χ0) is 18.9. The Bertz CT molecular complexity index is 890. The second-order valence-corrected chi connectivity index (χ2v) is 6.05. The number of benzene rings is 1. The molecular weight excluding hydrogens is 316 g/mol. The third kappa shape index (κ3) is 3.29. The fraction of sp³-hybridized carbons (Fsp3) is 0.294. The van der Waals surface area contributed by atoms with Gasteiger partial charge in [0.2, 0.25) is 0 Å². The third-order valence-electron chi connectivity index (χ3n) is 4.38. The molecule has 5 N–H and O–H groups in total. The van der Waals surface area contributed by atoms with Crippen LogP contribution in [0.2, 0.25) is 0 Å². The Hall–Kier alpha value is -2.63. The summed E-state index contributed by atoms with van der Waals surface area (Å²) in [5, 5.41) is 9.99. The first-order valence-corrected chi connectivity index (χ1v) is 7.81. The Kier molecular flexibility index (Phi) is 5.30. The van der Waals surface area contributed by atoms with Crippen molar-refractivity contribution >= 4 is 27.2 Å². The molecule has 1 aromatic heterocycles. The number of hydrogen-bond acceptors (Lipinski definition) is 4. The highest BCUT2D eigenvalue weighted by Gasteiger charge is 2.30. The molecule has 0 bridgehead atoms. The van der Waals surface area contributed by atoms with Gasteiger partial charge in [-0.2, -0.15) is 0 Å². The smallest absolute Gasteiger partial charge is 0.260 e. The number of aromatic nitrogens is 1. The number of amides is 1. The molecule has 0 aliphatic heterocycles. The van der Waals surface area contributed by atoms with Crippen LogP contribution < -0.4 is 17.0 Å². The molecule has 0 saturated heterocycles. The van der Waals surface area contributed by atoms with E-state index in [4.69, 9.17) is 11.5 Å². The summed E-state index contributed by atoms with van der Waals surface area (Å²) in [6.45, 7) is 3.53. The van der Waals surface area contributed by atoms with Gasteiger partial charge in [-0.3, -0.25) is 14.2 Å². The van der Waals surface area contributed by atoms with Crippen LogP contribution in [0.25, 0.3) is 5.69 Å². The number of phenolic OH excluding ortho intramolecular Hbond substituents is 1. The molecular formula is C17H19B2N3O3. The maximum absolute atomic E-state index is 12.9. The van der Waals surface area contributed by atoms with Crippen LogP contribution in [0.5, 0.6) is 5.75 Å². The summed E-state index contributed by atoms with van der Waals surface area (Å²) in [5.74, 6) is -0.461. The van der Waals surface area contributed by atoms with Crippen LogP contribution in [0, 0.1) is 13.8 Å². The minimum absolute atomic E-state index is 0.00343. The van der Waals surface area contributed by atoms with E-state index in [-0.39, 0.29) is 28.6 Å². The number of primary amides is 1. The van der Waals surface area contributed by atoms with E-state index in [1.165, 1.54) is 10.6 Å². The minimum Gasteiger partial charge on any atom is -0.508 e. The first kappa shape index (κ1) is 18.7. The molecule has 0 spiro atoms. The molecule has 4 radical (unpaired) electrons. The van der Waals surface area contributed by atoms with Gasteiger partial charge in [-0.25, -0.2) is 0 Å². The SMILES string of the molecule is Cc1ccc(O)c(C)c1-n1c(N)c(C(N)=O)cc(C2CC2)c1=O.[B][B]. The van der Waals surface area contributed by atoms with E-state index < -0.39 is 5.91 Å². The van der Waals surface area contributed by atoms with E-state index in [1.807, 2.05) is 6.92 Å². The van der Waals surface area contributed by atoms with E-state index >= 15 is 0 Å². The van der Waals surface area contributed by atoms with Crippen LogP contribution in [0.1, 0.15) is 45.8 Å². The topological polar surface area (TPSA) is 111 Å².